The Bertz CT molecular complexity index is 850. The zero-order valence-corrected chi connectivity index (χ0v) is 14.1. The maximum absolute atomic E-state index is 12.0. The molecule has 0 saturated heterocycles. The lowest BCUT2D eigenvalue weighted by Gasteiger charge is -2.20. The molecular weight excluding hydrogens is 346 g/mol. The number of nitro benzene ring substituents is 1. The molecule has 1 aliphatic rings. The zero-order chi connectivity index (χ0) is 18.0. The van der Waals surface area contributed by atoms with Gasteiger partial charge in [-0.05, 0) is 13.1 Å². The summed E-state index contributed by atoms with van der Waals surface area (Å²) in [6, 6.07) is 5.38. The Morgan fingerprint density at radius 1 is 1.32 bits per heavy atom. The van der Waals surface area contributed by atoms with Crippen LogP contribution in [0.1, 0.15) is 10.6 Å². The topological polar surface area (TPSA) is 117 Å². The third-order valence-corrected chi connectivity index (χ3v) is 4.66. The predicted molar refractivity (Wildman–Crippen MR) is 92.5 cm³/mol. The molecule has 0 bridgehead atoms. The normalized spacial score (nSPS) is 13.8. The van der Waals surface area contributed by atoms with Gasteiger partial charge in [-0.15, -0.1) is 11.3 Å². The fraction of sp³-hybridized carbons (Fsp3) is 0.267. The van der Waals surface area contributed by atoms with E-state index in [1.165, 1.54) is 35.6 Å². The Hall–Kier alpha value is -2.85. The Labute approximate surface area is 146 Å². The highest BCUT2D eigenvalue weighted by Gasteiger charge is 2.21. The van der Waals surface area contributed by atoms with Crippen molar-refractivity contribution in [3.8, 4) is 0 Å². The largest absolute Gasteiger partial charge is 0.318 e. The molecule has 2 heterocycles. The van der Waals surface area contributed by atoms with Crippen molar-refractivity contribution in [1.29, 1.82) is 0 Å². The lowest BCUT2D eigenvalue weighted by molar-refractivity contribution is -0.384. The van der Waals surface area contributed by atoms with E-state index in [1.54, 1.807) is 0 Å². The van der Waals surface area contributed by atoms with Crippen molar-refractivity contribution in [3.63, 3.8) is 0 Å². The van der Waals surface area contributed by atoms with Crippen LogP contribution in [0.5, 0.6) is 0 Å². The van der Waals surface area contributed by atoms with E-state index in [0.29, 0.717) is 5.13 Å². The lowest BCUT2D eigenvalue weighted by atomic mass is 10.2. The summed E-state index contributed by atoms with van der Waals surface area (Å²) < 4.78 is 0. The second kappa shape index (κ2) is 6.95. The molecule has 0 atom stereocenters. The first-order valence-electron chi connectivity index (χ1n) is 7.46. The first-order valence-corrected chi connectivity index (χ1v) is 8.28. The highest BCUT2D eigenvalue weighted by Crippen LogP contribution is 2.27. The molecular formula is C15H15N5O4S. The van der Waals surface area contributed by atoms with Crippen LogP contribution in [0.2, 0.25) is 0 Å². The number of nitrogens with one attached hydrogen (secondary N) is 2. The number of rotatable bonds is 3. The molecule has 130 valence electrons. The number of nitro groups is 1. The molecule has 2 aromatic rings. The minimum absolute atomic E-state index is 0.171. The van der Waals surface area contributed by atoms with Gasteiger partial charge >= 0.3 is 11.8 Å². The molecule has 0 unspecified atom stereocenters. The fourth-order valence-electron chi connectivity index (χ4n) is 2.42. The molecule has 1 aromatic heterocycles. The Balaban J connectivity index is 1.64. The maximum Gasteiger partial charge on any atom is 0.315 e. The van der Waals surface area contributed by atoms with Gasteiger partial charge in [-0.25, -0.2) is 4.98 Å². The summed E-state index contributed by atoms with van der Waals surface area (Å²) in [5.41, 5.74) is 0.946. The van der Waals surface area contributed by atoms with Gasteiger partial charge in [-0.2, -0.15) is 0 Å². The number of carbonyl (C=O) groups is 2. The van der Waals surface area contributed by atoms with E-state index in [-0.39, 0.29) is 11.4 Å². The molecule has 10 heteroatoms. The number of benzene rings is 1. The third-order valence-electron chi connectivity index (χ3n) is 3.66. The van der Waals surface area contributed by atoms with Crippen LogP contribution in [0.3, 0.4) is 0 Å². The van der Waals surface area contributed by atoms with Crippen molar-refractivity contribution >= 4 is 39.7 Å². The van der Waals surface area contributed by atoms with Gasteiger partial charge in [0.05, 0.1) is 10.6 Å². The summed E-state index contributed by atoms with van der Waals surface area (Å²) in [5.74, 6) is -1.78. The second-order valence-electron chi connectivity index (χ2n) is 5.59. The van der Waals surface area contributed by atoms with Crippen LogP contribution < -0.4 is 10.6 Å². The summed E-state index contributed by atoms with van der Waals surface area (Å²) in [6.45, 7) is 1.67. The molecule has 2 N–H and O–H groups in total. The number of non-ortho nitro benzene ring substituents is 1. The maximum atomic E-state index is 12.0. The van der Waals surface area contributed by atoms with E-state index < -0.39 is 16.7 Å². The predicted octanol–water partition coefficient (Wildman–Crippen LogP) is 1.62. The molecule has 0 fully saturated rings. The van der Waals surface area contributed by atoms with Crippen LogP contribution in [0, 0.1) is 10.1 Å². The van der Waals surface area contributed by atoms with Gasteiger partial charge in [0.2, 0.25) is 0 Å². The lowest BCUT2D eigenvalue weighted by Crippen LogP contribution is -2.29. The summed E-state index contributed by atoms with van der Waals surface area (Å²) in [4.78, 5) is 41.7. The highest BCUT2D eigenvalue weighted by molar-refractivity contribution is 7.16. The molecule has 9 nitrogen and oxygen atoms in total. The SMILES string of the molecule is CN1CCc2nc(NC(=O)C(=O)Nc3cccc([N+](=O)[O-])c3)sc2C1. The standard InChI is InChI=1S/C15H15N5O4S/c1-19-6-5-11-12(8-19)25-15(17-11)18-14(22)13(21)16-9-3-2-4-10(7-9)20(23)24/h2-4,7H,5-6,8H2,1H3,(H,16,21)(H,17,18,22). The minimum atomic E-state index is -0.911. The van der Waals surface area contributed by atoms with Gasteiger partial charge in [0, 0.05) is 42.2 Å². The first-order chi connectivity index (χ1) is 11.9. The monoisotopic (exact) mass is 361 g/mol. The van der Waals surface area contributed by atoms with Crippen molar-refractivity contribution in [1.82, 2.24) is 9.88 Å². The van der Waals surface area contributed by atoms with E-state index in [9.17, 15) is 19.7 Å². The van der Waals surface area contributed by atoms with E-state index in [4.69, 9.17) is 0 Å². The number of fused-ring (bicyclic) bond motifs is 1. The average Bonchev–Trinajstić information content (AvgIpc) is 2.96. The van der Waals surface area contributed by atoms with Crippen molar-refractivity contribution in [2.75, 3.05) is 24.2 Å². The van der Waals surface area contributed by atoms with Gasteiger partial charge in [0.1, 0.15) is 0 Å². The van der Waals surface area contributed by atoms with Crippen LogP contribution in [-0.4, -0.2) is 40.2 Å². The number of thiazole rings is 1. The molecule has 0 radical (unpaired) electrons. The van der Waals surface area contributed by atoms with E-state index >= 15 is 0 Å². The fourth-order valence-corrected chi connectivity index (χ4v) is 3.50. The summed E-state index contributed by atoms with van der Waals surface area (Å²) in [7, 11) is 2.01. The van der Waals surface area contributed by atoms with Crippen molar-refractivity contribution in [2.45, 2.75) is 13.0 Å². The van der Waals surface area contributed by atoms with E-state index in [2.05, 4.69) is 20.5 Å². The summed E-state index contributed by atoms with van der Waals surface area (Å²) >= 11 is 1.34. The van der Waals surface area contributed by atoms with E-state index in [0.717, 1.165) is 30.1 Å². The molecule has 0 spiro atoms. The number of hydrogen-bond acceptors (Lipinski definition) is 7. The molecule has 1 aromatic carbocycles. The molecule has 25 heavy (non-hydrogen) atoms. The van der Waals surface area contributed by atoms with Crippen molar-refractivity contribution in [3.05, 3.63) is 45.0 Å². The van der Waals surface area contributed by atoms with Crippen molar-refractivity contribution < 1.29 is 14.5 Å². The third kappa shape index (κ3) is 3.98. The molecule has 1 aliphatic heterocycles. The van der Waals surface area contributed by atoms with Gasteiger partial charge in [0.15, 0.2) is 5.13 Å². The highest BCUT2D eigenvalue weighted by atomic mass is 32.1. The van der Waals surface area contributed by atoms with Crippen LogP contribution in [0.15, 0.2) is 24.3 Å². The number of aromatic nitrogens is 1. The quantitative estimate of drug-likeness (QED) is 0.487. The number of nitrogens with zero attached hydrogens (tertiary/aromatic N) is 3. The average molecular weight is 361 g/mol. The number of anilines is 2. The Morgan fingerprint density at radius 3 is 2.84 bits per heavy atom. The van der Waals surface area contributed by atoms with Crippen LogP contribution in [0.25, 0.3) is 0 Å². The molecule has 0 aliphatic carbocycles. The van der Waals surface area contributed by atoms with Crippen molar-refractivity contribution in [2.24, 2.45) is 0 Å². The summed E-state index contributed by atoms with van der Waals surface area (Å²) in [5, 5.41) is 15.9. The van der Waals surface area contributed by atoms with E-state index in [1.807, 2.05) is 7.05 Å². The van der Waals surface area contributed by atoms with Gasteiger partial charge < -0.3 is 10.2 Å². The van der Waals surface area contributed by atoms with Crippen LogP contribution in [0.4, 0.5) is 16.5 Å². The second-order valence-corrected chi connectivity index (χ2v) is 6.68. The Kier molecular flexibility index (Phi) is 4.72. The number of carbonyl (C=O) groups excluding carboxylic acids is 2. The van der Waals surface area contributed by atoms with Gasteiger partial charge in [-0.3, -0.25) is 25.0 Å². The molecule has 3 rings (SSSR count). The number of likely N-dealkylation sites (N-methyl/N-ethyl adjacent to an activating group) is 1. The van der Waals surface area contributed by atoms with Crippen LogP contribution >= 0.6 is 11.3 Å². The number of amides is 2. The molecule has 0 saturated carbocycles. The van der Waals surface area contributed by atoms with Gasteiger partial charge in [0.25, 0.3) is 5.69 Å². The minimum Gasteiger partial charge on any atom is -0.318 e. The smallest absolute Gasteiger partial charge is 0.315 e. The number of hydrogen-bond donors (Lipinski definition) is 2. The first kappa shape index (κ1) is 17.0. The van der Waals surface area contributed by atoms with Crippen LogP contribution in [-0.2, 0) is 22.6 Å². The summed E-state index contributed by atoms with van der Waals surface area (Å²) in [6.07, 6.45) is 0.804. The zero-order valence-electron chi connectivity index (χ0n) is 13.3. The van der Waals surface area contributed by atoms with Gasteiger partial charge in [-0.1, -0.05) is 6.07 Å². The molecule has 2 amide bonds. The Morgan fingerprint density at radius 2 is 2.08 bits per heavy atom.